The van der Waals surface area contributed by atoms with Crippen LogP contribution >= 0.6 is 0 Å². The van der Waals surface area contributed by atoms with Gasteiger partial charge in [-0.1, -0.05) is 11.8 Å². The highest BCUT2D eigenvalue weighted by molar-refractivity contribution is 5.92. The van der Waals surface area contributed by atoms with Crippen LogP contribution in [0.3, 0.4) is 0 Å². The second-order valence-corrected chi connectivity index (χ2v) is 4.17. The summed E-state index contributed by atoms with van der Waals surface area (Å²) in [6.45, 7) is 2.70. The summed E-state index contributed by atoms with van der Waals surface area (Å²) < 4.78 is 0. The molecule has 1 aromatic rings. The molecular formula is C15H19N3O3. The molecule has 3 N–H and O–H groups in total. The first kappa shape index (κ1) is 16.7. The van der Waals surface area contributed by atoms with E-state index in [2.05, 4.69) is 27.5 Å². The van der Waals surface area contributed by atoms with E-state index in [-0.39, 0.29) is 37.1 Å². The first-order valence-electron chi connectivity index (χ1n) is 6.78. The average molecular weight is 289 g/mol. The lowest BCUT2D eigenvalue weighted by Crippen LogP contribution is -2.30. The zero-order valence-corrected chi connectivity index (χ0v) is 12.0. The van der Waals surface area contributed by atoms with Gasteiger partial charge in [0.1, 0.15) is 5.69 Å². The highest BCUT2D eigenvalue weighted by atomic mass is 16.2. The van der Waals surface area contributed by atoms with E-state index in [1.165, 1.54) is 6.20 Å². The van der Waals surface area contributed by atoms with Gasteiger partial charge in [0.2, 0.25) is 5.91 Å². The van der Waals surface area contributed by atoms with Gasteiger partial charge in [-0.15, -0.1) is 0 Å². The zero-order valence-electron chi connectivity index (χ0n) is 12.0. The summed E-state index contributed by atoms with van der Waals surface area (Å²) in [6.07, 6.45) is 2.15. The van der Waals surface area contributed by atoms with Crippen LogP contribution in [0.2, 0.25) is 0 Å². The fraction of sp³-hybridized carbons (Fsp3) is 0.400. The average Bonchev–Trinajstić information content (AvgIpc) is 2.48. The Morgan fingerprint density at radius 3 is 2.76 bits per heavy atom. The van der Waals surface area contributed by atoms with Crippen LogP contribution in [0.5, 0.6) is 0 Å². The Balaban J connectivity index is 2.45. The third-order valence-corrected chi connectivity index (χ3v) is 2.48. The molecule has 0 aliphatic carbocycles. The lowest BCUT2D eigenvalue weighted by Gasteiger charge is -2.04. The Kier molecular flexibility index (Phi) is 7.54. The van der Waals surface area contributed by atoms with Crippen molar-refractivity contribution in [3.05, 3.63) is 29.6 Å². The van der Waals surface area contributed by atoms with E-state index in [0.717, 1.165) is 0 Å². The molecule has 2 amide bonds. The highest BCUT2D eigenvalue weighted by Crippen LogP contribution is 1.99. The fourth-order valence-electron chi connectivity index (χ4n) is 1.49. The first-order valence-corrected chi connectivity index (χ1v) is 6.78. The van der Waals surface area contributed by atoms with Gasteiger partial charge >= 0.3 is 0 Å². The van der Waals surface area contributed by atoms with Crippen molar-refractivity contribution in [2.45, 2.75) is 19.8 Å². The minimum absolute atomic E-state index is 0.0204. The topological polar surface area (TPSA) is 91.3 Å². The smallest absolute Gasteiger partial charge is 0.269 e. The van der Waals surface area contributed by atoms with Crippen LogP contribution in [0.4, 0.5) is 0 Å². The molecule has 1 rings (SSSR count). The van der Waals surface area contributed by atoms with E-state index >= 15 is 0 Å². The number of amides is 2. The maximum absolute atomic E-state index is 11.8. The molecule has 6 nitrogen and oxygen atoms in total. The second kappa shape index (κ2) is 9.50. The van der Waals surface area contributed by atoms with Crippen LogP contribution in [-0.2, 0) is 4.79 Å². The van der Waals surface area contributed by atoms with Crippen molar-refractivity contribution < 1.29 is 14.7 Å². The van der Waals surface area contributed by atoms with Gasteiger partial charge in [0.15, 0.2) is 0 Å². The molecule has 0 unspecified atom stereocenters. The number of hydrogen-bond donors (Lipinski definition) is 3. The molecule has 0 atom stereocenters. The van der Waals surface area contributed by atoms with Crippen molar-refractivity contribution >= 4 is 11.8 Å². The molecule has 0 aliphatic rings. The number of pyridine rings is 1. The number of nitrogens with one attached hydrogen (secondary N) is 2. The third kappa shape index (κ3) is 6.54. The number of aliphatic hydroxyl groups excluding tert-OH is 1. The Morgan fingerprint density at radius 1 is 1.33 bits per heavy atom. The quantitative estimate of drug-likeness (QED) is 0.646. The fourth-order valence-corrected chi connectivity index (χ4v) is 1.49. The van der Waals surface area contributed by atoms with E-state index in [0.29, 0.717) is 18.5 Å². The van der Waals surface area contributed by atoms with Gasteiger partial charge in [-0.25, -0.2) is 4.98 Å². The normalized spacial score (nSPS) is 9.43. The molecule has 1 aromatic heterocycles. The van der Waals surface area contributed by atoms with E-state index in [9.17, 15) is 9.59 Å². The van der Waals surface area contributed by atoms with E-state index in [4.69, 9.17) is 5.11 Å². The number of aliphatic hydroxyl groups is 1. The molecule has 0 radical (unpaired) electrons. The van der Waals surface area contributed by atoms with Crippen LogP contribution in [0.1, 0.15) is 35.8 Å². The molecule has 21 heavy (non-hydrogen) atoms. The molecule has 112 valence electrons. The molecule has 1 heterocycles. The summed E-state index contributed by atoms with van der Waals surface area (Å²) >= 11 is 0. The summed E-state index contributed by atoms with van der Waals surface area (Å²) in [4.78, 5) is 27.0. The van der Waals surface area contributed by atoms with E-state index < -0.39 is 0 Å². The molecule has 6 heteroatoms. The lowest BCUT2D eigenvalue weighted by molar-refractivity contribution is -0.120. The minimum Gasteiger partial charge on any atom is -0.395 e. The number of carbonyl (C=O) groups excluding carboxylic acids is 2. The summed E-state index contributed by atoms with van der Waals surface area (Å²) in [7, 11) is 0. The summed E-state index contributed by atoms with van der Waals surface area (Å²) in [5, 5.41) is 13.9. The van der Waals surface area contributed by atoms with Gasteiger partial charge in [-0.05, 0) is 19.1 Å². The third-order valence-electron chi connectivity index (χ3n) is 2.48. The Labute approximate surface area is 124 Å². The van der Waals surface area contributed by atoms with Crippen LogP contribution in [0.25, 0.3) is 0 Å². The molecule has 0 saturated heterocycles. The monoisotopic (exact) mass is 289 g/mol. The standard InChI is InChI=1S/C15H19N3O3/c1-2-16-14(20)8-9-17-15(21)13-7-6-12(11-18-13)5-3-4-10-19/h6-7,11,19H,2,4,8-10H2,1H3,(H,16,20)(H,17,21). The van der Waals surface area contributed by atoms with Crippen LogP contribution in [-0.4, -0.2) is 41.6 Å². The number of hydrogen-bond acceptors (Lipinski definition) is 4. The van der Waals surface area contributed by atoms with Gasteiger partial charge in [0.05, 0.1) is 6.61 Å². The van der Waals surface area contributed by atoms with Crippen molar-refractivity contribution in [1.82, 2.24) is 15.6 Å². The molecule has 0 fully saturated rings. The zero-order chi connectivity index (χ0) is 15.5. The summed E-state index contributed by atoms with van der Waals surface area (Å²) in [5.41, 5.74) is 0.959. The minimum atomic E-state index is -0.325. The second-order valence-electron chi connectivity index (χ2n) is 4.17. The SMILES string of the molecule is CCNC(=O)CCNC(=O)c1ccc(C#CCCO)cn1. The number of aromatic nitrogens is 1. The van der Waals surface area contributed by atoms with Gasteiger partial charge in [-0.3, -0.25) is 9.59 Å². The Morgan fingerprint density at radius 2 is 2.14 bits per heavy atom. The molecule has 0 aliphatic heterocycles. The van der Waals surface area contributed by atoms with Crippen molar-refractivity contribution in [3.8, 4) is 11.8 Å². The van der Waals surface area contributed by atoms with E-state index in [1.54, 1.807) is 12.1 Å². The molecular weight excluding hydrogens is 270 g/mol. The molecule has 0 bridgehead atoms. The van der Waals surface area contributed by atoms with Gasteiger partial charge < -0.3 is 15.7 Å². The number of nitrogens with zero attached hydrogens (tertiary/aromatic N) is 1. The maximum Gasteiger partial charge on any atom is 0.269 e. The van der Waals surface area contributed by atoms with Crippen molar-refractivity contribution in [1.29, 1.82) is 0 Å². The molecule has 0 saturated carbocycles. The maximum atomic E-state index is 11.8. The Hall–Kier alpha value is -2.39. The van der Waals surface area contributed by atoms with Crippen LogP contribution in [0, 0.1) is 11.8 Å². The number of carbonyl (C=O) groups is 2. The largest absolute Gasteiger partial charge is 0.395 e. The van der Waals surface area contributed by atoms with Gasteiger partial charge in [0, 0.05) is 37.7 Å². The van der Waals surface area contributed by atoms with Crippen molar-refractivity contribution in [2.75, 3.05) is 19.7 Å². The van der Waals surface area contributed by atoms with Gasteiger partial charge in [-0.2, -0.15) is 0 Å². The van der Waals surface area contributed by atoms with Gasteiger partial charge in [0.25, 0.3) is 5.91 Å². The van der Waals surface area contributed by atoms with Crippen LogP contribution in [0.15, 0.2) is 18.3 Å². The number of rotatable bonds is 6. The summed E-state index contributed by atoms with van der Waals surface area (Å²) in [6, 6.07) is 3.26. The highest BCUT2D eigenvalue weighted by Gasteiger charge is 2.07. The summed E-state index contributed by atoms with van der Waals surface area (Å²) in [5.74, 6) is 5.18. The molecule has 0 aromatic carbocycles. The molecule has 0 spiro atoms. The lowest BCUT2D eigenvalue weighted by atomic mass is 10.2. The predicted molar refractivity (Wildman–Crippen MR) is 78.5 cm³/mol. The van der Waals surface area contributed by atoms with Crippen LogP contribution < -0.4 is 10.6 Å². The van der Waals surface area contributed by atoms with Crippen molar-refractivity contribution in [3.63, 3.8) is 0 Å². The predicted octanol–water partition coefficient (Wildman–Crippen LogP) is 0.0715. The Bertz CT molecular complexity index is 529. The van der Waals surface area contributed by atoms with Crippen molar-refractivity contribution in [2.24, 2.45) is 0 Å². The van der Waals surface area contributed by atoms with E-state index in [1.807, 2.05) is 6.92 Å². The first-order chi connectivity index (χ1) is 10.2.